The molecule has 0 aliphatic rings. The van der Waals surface area contributed by atoms with Gasteiger partial charge in [-0.2, -0.15) is 66.2 Å². The summed E-state index contributed by atoms with van der Waals surface area (Å²) in [4.78, 5) is 0. The number of nitriles is 8. The summed E-state index contributed by atoms with van der Waals surface area (Å²) in [5, 5.41) is 74.8. The molecule has 7 aromatic carbocycles. The fourth-order valence-corrected chi connectivity index (χ4v) is 10.3. The molecule has 0 heterocycles. The van der Waals surface area contributed by atoms with E-state index in [1.165, 1.54) is 71.5 Å². The minimum Gasteiger partial charge on any atom is -0.285 e. The SMILES string of the molecule is Cc1c(C)c(C)[c-](C)c1C.Cc1c(C)c(C)[c-](C)c1C.N#CC(C#N)=[C-]C(=C(C#N)C#N)c1ccccc1.N#C[C-]=C(C#N)C(=C(C#N)C#N)c1ccccc1.[Ru+6].[Ru+6].c1ccc([PH+](c2ccccc2)c2ccccc2)cc1. The van der Waals surface area contributed by atoms with Crippen LogP contribution in [0.3, 0.4) is 0 Å². The van der Waals surface area contributed by atoms with E-state index in [1.807, 2.05) is 0 Å². The van der Waals surface area contributed by atoms with Crippen molar-refractivity contribution in [1.29, 1.82) is 42.1 Å². The fraction of sp³-hybridized carbons (Fsp3) is 0.152. The van der Waals surface area contributed by atoms with Crippen molar-refractivity contribution in [3.63, 3.8) is 0 Å². The van der Waals surface area contributed by atoms with Crippen LogP contribution in [-0.2, 0) is 39.0 Å². The Hall–Kier alpha value is -8.64. The molecule has 0 bridgehead atoms. The van der Waals surface area contributed by atoms with E-state index < -0.39 is 7.92 Å². The maximum absolute atomic E-state index is 8.98. The van der Waals surface area contributed by atoms with Crippen LogP contribution in [0, 0.1) is 172 Å². The summed E-state index contributed by atoms with van der Waals surface area (Å²) in [5.74, 6) is 0. The van der Waals surface area contributed by atoms with Gasteiger partial charge in [-0.3, -0.25) is 5.26 Å². The quantitative estimate of drug-likeness (QED) is 0.0495. The van der Waals surface area contributed by atoms with Crippen molar-refractivity contribution in [3.8, 4) is 48.6 Å². The molecule has 0 saturated heterocycles. The van der Waals surface area contributed by atoms with Gasteiger partial charge in [0.15, 0.2) is 0 Å². The summed E-state index contributed by atoms with van der Waals surface area (Å²) in [5.41, 5.74) is 15.2. The molecule has 0 aliphatic heterocycles. The first-order chi connectivity index (χ1) is 36.1. The van der Waals surface area contributed by atoms with Crippen molar-refractivity contribution in [2.45, 2.75) is 69.2 Å². The van der Waals surface area contributed by atoms with Gasteiger partial charge in [0.2, 0.25) is 0 Å². The number of nitrogens with zero attached hydrogens (tertiary/aromatic N) is 8. The topological polar surface area (TPSA) is 190 Å². The third-order valence-corrected chi connectivity index (χ3v) is 15.6. The first-order valence-corrected chi connectivity index (χ1v) is 25.1. The molecule has 0 N–H and O–H groups in total. The molecule has 77 heavy (non-hydrogen) atoms. The molecule has 11 heteroatoms. The van der Waals surface area contributed by atoms with Crippen molar-refractivity contribution in [3.05, 3.63) is 253 Å². The number of hydrogen-bond acceptors (Lipinski definition) is 8. The second kappa shape index (κ2) is 34.8. The largest absolute Gasteiger partial charge is 6.00 e. The Balaban J connectivity index is 0.000000489. The molecule has 0 aliphatic carbocycles. The van der Waals surface area contributed by atoms with Gasteiger partial charge in [-0.15, -0.1) is 5.57 Å². The van der Waals surface area contributed by atoms with Gasteiger partial charge in [-0.1, -0.05) is 225 Å². The molecular formula is C66H56N8PRu2+9. The molecule has 8 nitrogen and oxygen atoms in total. The Kier molecular flexibility index (Phi) is 30.0. The molecule has 0 fully saturated rings. The van der Waals surface area contributed by atoms with E-state index in [2.05, 4.69) is 172 Å². The summed E-state index contributed by atoms with van der Waals surface area (Å²) in [6, 6.07) is 63.1. The van der Waals surface area contributed by atoms with Crippen LogP contribution in [0.5, 0.6) is 0 Å². The second-order valence-electron chi connectivity index (χ2n) is 16.8. The normalized spacial score (nSPS) is 9.31. The van der Waals surface area contributed by atoms with Crippen molar-refractivity contribution < 1.29 is 39.0 Å². The average molecular weight is 1190 g/mol. The second-order valence-corrected chi connectivity index (χ2v) is 19.3. The van der Waals surface area contributed by atoms with Crippen LogP contribution in [-0.4, -0.2) is 0 Å². The van der Waals surface area contributed by atoms with E-state index >= 15 is 0 Å². The zero-order valence-corrected chi connectivity index (χ0v) is 49.2. The number of rotatable bonds is 7. The molecule has 0 amide bonds. The molecule has 0 radical (unpaired) electrons. The summed E-state index contributed by atoms with van der Waals surface area (Å²) in [6.07, 6.45) is 4.68. The first-order valence-electron chi connectivity index (χ1n) is 23.6. The zero-order chi connectivity index (χ0) is 55.5. The molecule has 0 aromatic heterocycles. The number of benzene rings is 5. The minimum absolute atomic E-state index is 0. The third-order valence-electron chi connectivity index (χ3n) is 12.9. The van der Waals surface area contributed by atoms with Gasteiger partial charge in [-0.25, -0.2) is 26.3 Å². The van der Waals surface area contributed by atoms with Crippen molar-refractivity contribution in [2.24, 2.45) is 0 Å². The molecule has 372 valence electrons. The van der Waals surface area contributed by atoms with E-state index in [-0.39, 0.29) is 72.4 Å². The molecule has 0 saturated carbocycles. The summed E-state index contributed by atoms with van der Waals surface area (Å²) in [7, 11) is -0.877. The Morgan fingerprint density at radius 2 is 0.688 bits per heavy atom. The van der Waals surface area contributed by atoms with E-state index in [9.17, 15) is 0 Å². The van der Waals surface area contributed by atoms with Crippen molar-refractivity contribution in [2.75, 3.05) is 0 Å². The van der Waals surface area contributed by atoms with Gasteiger partial charge in [0, 0.05) is 23.8 Å². The van der Waals surface area contributed by atoms with Gasteiger partial charge in [0.25, 0.3) is 0 Å². The number of allylic oxidation sites excluding steroid dienone is 8. The van der Waals surface area contributed by atoms with Crippen LogP contribution in [0.4, 0.5) is 0 Å². The van der Waals surface area contributed by atoms with E-state index in [4.69, 9.17) is 42.1 Å². The smallest absolute Gasteiger partial charge is 0.285 e. The maximum Gasteiger partial charge on any atom is 6.00 e. The van der Waals surface area contributed by atoms with Gasteiger partial charge >= 0.3 is 39.0 Å². The average Bonchev–Trinajstić information content (AvgIpc) is 3.73. The van der Waals surface area contributed by atoms with Gasteiger partial charge in [0.1, 0.15) is 15.9 Å². The monoisotopic (exact) mass is 1200 g/mol. The van der Waals surface area contributed by atoms with Crippen molar-refractivity contribution in [1.82, 2.24) is 0 Å². The van der Waals surface area contributed by atoms with E-state index in [0.717, 1.165) is 0 Å². The minimum atomic E-state index is -0.877. The van der Waals surface area contributed by atoms with Crippen LogP contribution in [0.2, 0.25) is 0 Å². The van der Waals surface area contributed by atoms with Crippen LogP contribution in [0.1, 0.15) is 66.8 Å². The van der Waals surface area contributed by atoms with Crippen LogP contribution in [0.25, 0.3) is 11.1 Å². The summed E-state index contributed by atoms with van der Waals surface area (Å²) >= 11 is 0. The Morgan fingerprint density at radius 3 is 0.935 bits per heavy atom. The molecule has 0 unspecified atom stereocenters. The van der Waals surface area contributed by atoms with Gasteiger partial charge in [0.05, 0.1) is 43.3 Å². The standard InChI is InChI=1S/C18H15P.2C14H5N4.2C10H15.2Ru/c1-4-10-16(11-5-1)19(17-12-6-2-7-13-17)18-14-8-3-9-15-18;15-7-11(8-16)6-14(13(9-17)10-18)12-4-2-1-3-5-12;15-7-6-12(8-16)14(13(9-17)10-18)11-4-2-1-3-5-11;2*1-6-7(2)9(4)10(5)8(6)3;;/h1-15H;2*1-5H;2*1-5H3;;/q;4*-1;2*+6/p+1. The predicted molar refractivity (Wildman–Crippen MR) is 303 cm³/mol. The van der Waals surface area contributed by atoms with Gasteiger partial charge < -0.3 is 0 Å². The molecule has 7 aromatic rings. The van der Waals surface area contributed by atoms with Crippen LogP contribution in [0.15, 0.2) is 174 Å². The van der Waals surface area contributed by atoms with E-state index in [1.54, 1.807) is 109 Å². The molecule has 0 atom stereocenters. The Labute approximate surface area is 483 Å². The van der Waals surface area contributed by atoms with Crippen LogP contribution < -0.4 is 15.9 Å². The third kappa shape index (κ3) is 18.6. The molecule has 7 rings (SSSR count). The Bertz CT molecular complexity index is 3190. The summed E-state index contributed by atoms with van der Waals surface area (Å²) in [6.45, 7) is 22.0. The summed E-state index contributed by atoms with van der Waals surface area (Å²) < 4.78 is 0. The number of hydrogen-bond donors (Lipinski definition) is 0. The zero-order valence-electron chi connectivity index (χ0n) is 44.7. The van der Waals surface area contributed by atoms with Crippen molar-refractivity contribution >= 4 is 35.0 Å². The van der Waals surface area contributed by atoms with Crippen LogP contribution >= 0.6 is 7.92 Å². The Morgan fingerprint density at radius 1 is 0.390 bits per heavy atom. The molecular weight excluding hydrogens is 1140 g/mol. The first kappa shape index (κ1) is 66.4. The van der Waals surface area contributed by atoms with E-state index in [0.29, 0.717) is 11.1 Å². The molecule has 0 spiro atoms. The maximum atomic E-state index is 8.98. The van der Waals surface area contributed by atoms with Gasteiger partial charge in [-0.05, 0) is 36.4 Å². The fourth-order valence-electron chi connectivity index (χ4n) is 7.71. The predicted octanol–water partition coefficient (Wildman–Crippen LogP) is 13.6.